The van der Waals surface area contributed by atoms with E-state index in [2.05, 4.69) is 6.08 Å². The summed E-state index contributed by atoms with van der Waals surface area (Å²) in [5.74, 6) is 0.00133. The summed E-state index contributed by atoms with van der Waals surface area (Å²) >= 11 is 0. The molecule has 2 nitrogen and oxygen atoms in total. The molecule has 0 aliphatic heterocycles. The summed E-state index contributed by atoms with van der Waals surface area (Å²) in [5.41, 5.74) is 2.98. The van der Waals surface area contributed by atoms with Crippen LogP contribution in [0.1, 0.15) is 27.0 Å². The Morgan fingerprint density at radius 2 is 1.61 bits per heavy atom. The van der Waals surface area contributed by atoms with Gasteiger partial charge in [0.25, 0.3) is 0 Å². The van der Waals surface area contributed by atoms with Crippen molar-refractivity contribution < 1.29 is 9.90 Å². The van der Waals surface area contributed by atoms with Gasteiger partial charge in [0.1, 0.15) is 5.75 Å². The van der Waals surface area contributed by atoms with Crippen molar-refractivity contribution in [1.29, 1.82) is 0 Å². The molecule has 0 unspecified atom stereocenters. The number of hydrogen-bond acceptors (Lipinski definition) is 2. The lowest BCUT2D eigenvalue weighted by atomic mass is 9.90. The van der Waals surface area contributed by atoms with Gasteiger partial charge < -0.3 is 5.11 Å². The van der Waals surface area contributed by atoms with E-state index in [1.165, 1.54) is 0 Å². The smallest absolute Gasteiger partial charge is 0.197 e. The molecule has 1 aliphatic rings. The van der Waals surface area contributed by atoms with Crippen LogP contribution in [-0.4, -0.2) is 10.9 Å². The molecular formula is C21H16O2. The van der Waals surface area contributed by atoms with Gasteiger partial charge in [0.05, 0.1) is 5.56 Å². The highest BCUT2D eigenvalue weighted by Crippen LogP contribution is 2.32. The minimum atomic E-state index is -0.128. The number of ketones is 1. The summed E-state index contributed by atoms with van der Waals surface area (Å²) in [7, 11) is 0. The van der Waals surface area contributed by atoms with Crippen molar-refractivity contribution >= 4 is 16.6 Å². The Bertz CT molecular complexity index is 946. The zero-order valence-corrected chi connectivity index (χ0v) is 12.6. The van der Waals surface area contributed by atoms with E-state index in [0.717, 1.165) is 28.3 Å². The number of hydrogen-bond donors (Lipinski definition) is 1. The summed E-state index contributed by atoms with van der Waals surface area (Å²) in [6.07, 6.45) is 5.62. The van der Waals surface area contributed by atoms with E-state index in [-0.39, 0.29) is 11.5 Å². The van der Waals surface area contributed by atoms with E-state index in [4.69, 9.17) is 0 Å². The SMILES string of the molecule is O=C(c1ccc2c(c1O)CC=CC2)c1cccc2ccccc12. The Morgan fingerprint density at radius 1 is 0.826 bits per heavy atom. The lowest BCUT2D eigenvalue weighted by Gasteiger charge is -2.15. The van der Waals surface area contributed by atoms with E-state index in [0.29, 0.717) is 17.5 Å². The maximum atomic E-state index is 13.0. The highest BCUT2D eigenvalue weighted by atomic mass is 16.3. The van der Waals surface area contributed by atoms with Crippen molar-refractivity contribution in [2.75, 3.05) is 0 Å². The van der Waals surface area contributed by atoms with Gasteiger partial charge >= 0.3 is 0 Å². The molecule has 1 N–H and O–H groups in total. The molecule has 0 fully saturated rings. The zero-order chi connectivity index (χ0) is 15.8. The number of rotatable bonds is 2. The van der Waals surface area contributed by atoms with Crippen molar-refractivity contribution in [1.82, 2.24) is 0 Å². The van der Waals surface area contributed by atoms with Crippen LogP contribution in [0.5, 0.6) is 5.75 Å². The van der Waals surface area contributed by atoms with Crippen molar-refractivity contribution in [3.05, 3.63) is 89.0 Å². The molecule has 3 aromatic rings. The predicted octanol–water partition coefficient (Wildman–Crippen LogP) is 4.43. The molecule has 23 heavy (non-hydrogen) atoms. The molecule has 112 valence electrons. The second-order valence-electron chi connectivity index (χ2n) is 5.83. The topological polar surface area (TPSA) is 37.3 Å². The number of carbonyl (C=O) groups excluding carboxylic acids is 1. The maximum Gasteiger partial charge on any atom is 0.197 e. The Hall–Kier alpha value is -2.87. The van der Waals surface area contributed by atoms with Gasteiger partial charge in [-0.1, -0.05) is 60.7 Å². The molecule has 0 saturated heterocycles. The fraction of sp³-hybridized carbons (Fsp3) is 0.0952. The second-order valence-corrected chi connectivity index (χ2v) is 5.83. The van der Waals surface area contributed by atoms with E-state index < -0.39 is 0 Å². The van der Waals surface area contributed by atoms with Gasteiger partial charge in [-0.2, -0.15) is 0 Å². The first kappa shape index (κ1) is 13.8. The minimum absolute atomic E-state index is 0.128. The summed E-state index contributed by atoms with van der Waals surface area (Å²) in [5, 5.41) is 12.5. The van der Waals surface area contributed by atoms with E-state index >= 15 is 0 Å². The summed E-state index contributed by atoms with van der Waals surface area (Å²) in [4.78, 5) is 13.0. The number of carbonyl (C=O) groups is 1. The highest BCUT2D eigenvalue weighted by Gasteiger charge is 2.20. The number of allylic oxidation sites excluding steroid dienone is 2. The number of aromatic hydroxyl groups is 1. The molecule has 3 aromatic carbocycles. The minimum Gasteiger partial charge on any atom is -0.507 e. The first-order valence-corrected chi connectivity index (χ1v) is 7.77. The van der Waals surface area contributed by atoms with Crippen molar-refractivity contribution in [3.8, 4) is 5.75 Å². The average Bonchev–Trinajstić information content (AvgIpc) is 2.61. The molecule has 0 radical (unpaired) electrons. The number of fused-ring (bicyclic) bond motifs is 2. The van der Waals surface area contributed by atoms with Gasteiger partial charge in [-0.3, -0.25) is 4.79 Å². The van der Waals surface area contributed by atoms with Crippen LogP contribution >= 0.6 is 0 Å². The third-order valence-electron chi connectivity index (χ3n) is 4.49. The molecule has 0 aromatic heterocycles. The summed E-state index contributed by atoms with van der Waals surface area (Å²) < 4.78 is 0. The van der Waals surface area contributed by atoms with Crippen LogP contribution in [0.2, 0.25) is 0 Å². The van der Waals surface area contributed by atoms with Crippen molar-refractivity contribution in [2.45, 2.75) is 12.8 Å². The van der Waals surface area contributed by atoms with Gasteiger partial charge in [-0.25, -0.2) is 0 Å². The van der Waals surface area contributed by atoms with Gasteiger partial charge in [0.15, 0.2) is 5.78 Å². The third kappa shape index (κ3) is 2.23. The van der Waals surface area contributed by atoms with Crippen LogP contribution in [0, 0.1) is 0 Å². The quantitative estimate of drug-likeness (QED) is 0.561. The lowest BCUT2D eigenvalue weighted by molar-refractivity contribution is 0.103. The third-order valence-corrected chi connectivity index (χ3v) is 4.49. The fourth-order valence-electron chi connectivity index (χ4n) is 3.26. The second kappa shape index (κ2) is 5.40. The maximum absolute atomic E-state index is 13.0. The van der Waals surface area contributed by atoms with Crippen LogP contribution in [0.4, 0.5) is 0 Å². The molecule has 0 bridgehead atoms. The molecule has 2 heteroatoms. The van der Waals surface area contributed by atoms with Crippen LogP contribution in [-0.2, 0) is 12.8 Å². The largest absolute Gasteiger partial charge is 0.507 e. The van der Waals surface area contributed by atoms with Gasteiger partial charge in [-0.15, -0.1) is 0 Å². The first-order chi connectivity index (χ1) is 11.3. The highest BCUT2D eigenvalue weighted by molar-refractivity contribution is 6.17. The van der Waals surface area contributed by atoms with Crippen LogP contribution in [0.3, 0.4) is 0 Å². The van der Waals surface area contributed by atoms with E-state index in [9.17, 15) is 9.90 Å². The Labute approximate surface area is 134 Å². The molecule has 4 rings (SSSR count). The molecule has 0 saturated carbocycles. The van der Waals surface area contributed by atoms with Crippen LogP contribution < -0.4 is 0 Å². The van der Waals surface area contributed by atoms with Crippen molar-refractivity contribution in [2.24, 2.45) is 0 Å². The predicted molar refractivity (Wildman–Crippen MR) is 92.0 cm³/mol. The standard InChI is InChI=1S/C21H16O2/c22-20-17-10-4-2-7-15(17)12-13-19(20)21(23)18-11-5-8-14-6-1-3-9-16(14)18/h1-6,8-9,11-13,22H,7,10H2. The number of benzene rings is 3. The molecule has 0 heterocycles. The van der Waals surface area contributed by atoms with E-state index in [1.54, 1.807) is 6.07 Å². The molecular weight excluding hydrogens is 284 g/mol. The zero-order valence-electron chi connectivity index (χ0n) is 12.6. The normalized spacial score (nSPS) is 13.0. The fourth-order valence-corrected chi connectivity index (χ4v) is 3.26. The molecule has 0 amide bonds. The van der Waals surface area contributed by atoms with E-state index in [1.807, 2.05) is 54.6 Å². The number of phenols is 1. The molecule has 0 spiro atoms. The average molecular weight is 300 g/mol. The summed E-state index contributed by atoms with van der Waals surface area (Å²) in [6.45, 7) is 0. The van der Waals surface area contributed by atoms with Gasteiger partial charge in [0.2, 0.25) is 0 Å². The molecule has 0 atom stereocenters. The first-order valence-electron chi connectivity index (χ1n) is 7.77. The Balaban J connectivity index is 1.87. The van der Waals surface area contributed by atoms with Gasteiger partial charge in [0, 0.05) is 11.1 Å². The Morgan fingerprint density at radius 3 is 2.52 bits per heavy atom. The Kier molecular flexibility index (Phi) is 3.23. The monoisotopic (exact) mass is 300 g/mol. The number of phenolic OH excluding ortho intramolecular Hbond substituents is 1. The van der Waals surface area contributed by atoms with Gasteiger partial charge in [-0.05, 0) is 35.2 Å². The van der Waals surface area contributed by atoms with Crippen LogP contribution in [0.25, 0.3) is 10.8 Å². The lowest BCUT2D eigenvalue weighted by Crippen LogP contribution is -2.06. The van der Waals surface area contributed by atoms with Crippen molar-refractivity contribution in [3.63, 3.8) is 0 Å². The van der Waals surface area contributed by atoms with Crippen LogP contribution in [0.15, 0.2) is 66.7 Å². The summed E-state index contributed by atoms with van der Waals surface area (Å²) in [6, 6.07) is 17.2. The molecule has 1 aliphatic carbocycles.